The van der Waals surface area contributed by atoms with Crippen LogP contribution in [0.25, 0.3) is 5.69 Å². The van der Waals surface area contributed by atoms with E-state index in [0.717, 1.165) is 12.1 Å². The largest absolute Gasteiger partial charge is 0.573 e. The molecular formula is C23H19F3N6O3S. The number of nitrogens with zero attached hydrogens (tertiary/aromatic N) is 5. The summed E-state index contributed by atoms with van der Waals surface area (Å²) in [5.74, 6) is -0.0103. The number of anilines is 1. The number of benzene rings is 2. The first-order valence-corrected chi connectivity index (χ1v) is 11.6. The Bertz CT molecular complexity index is 1300. The van der Waals surface area contributed by atoms with E-state index in [9.17, 15) is 18.0 Å². The van der Waals surface area contributed by atoms with Gasteiger partial charge < -0.3 is 14.8 Å². The summed E-state index contributed by atoms with van der Waals surface area (Å²) < 4.78 is 48.2. The molecule has 0 saturated carbocycles. The molecule has 2 aromatic carbocycles. The minimum Gasteiger partial charge on any atom is -0.494 e. The van der Waals surface area contributed by atoms with Crippen molar-refractivity contribution in [1.29, 1.82) is 0 Å². The van der Waals surface area contributed by atoms with Gasteiger partial charge in [0.05, 0.1) is 18.0 Å². The highest BCUT2D eigenvalue weighted by Gasteiger charge is 2.31. The van der Waals surface area contributed by atoms with Crippen LogP contribution in [0.5, 0.6) is 11.5 Å². The van der Waals surface area contributed by atoms with Crippen molar-refractivity contribution >= 4 is 23.4 Å². The maximum atomic E-state index is 13.1. The molecule has 0 spiro atoms. The number of alkyl halides is 3. The highest BCUT2D eigenvalue weighted by Crippen LogP contribution is 2.27. The molecule has 0 bridgehead atoms. The minimum atomic E-state index is -4.81. The van der Waals surface area contributed by atoms with Crippen LogP contribution < -0.4 is 14.8 Å². The maximum absolute atomic E-state index is 13.1. The zero-order chi connectivity index (χ0) is 25.5. The number of hydrogen-bond acceptors (Lipinski definition) is 8. The third kappa shape index (κ3) is 6.50. The number of rotatable bonds is 9. The van der Waals surface area contributed by atoms with E-state index in [2.05, 4.69) is 30.3 Å². The van der Waals surface area contributed by atoms with E-state index in [0.29, 0.717) is 34.6 Å². The lowest BCUT2D eigenvalue weighted by Gasteiger charge is -2.11. The van der Waals surface area contributed by atoms with Crippen molar-refractivity contribution in [2.45, 2.75) is 24.2 Å². The van der Waals surface area contributed by atoms with Crippen molar-refractivity contribution < 1.29 is 27.4 Å². The second-order valence-electron chi connectivity index (χ2n) is 7.07. The number of amides is 1. The first kappa shape index (κ1) is 25.0. The van der Waals surface area contributed by atoms with E-state index in [4.69, 9.17) is 4.74 Å². The third-order valence-electron chi connectivity index (χ3n) is 4.60. The molecular weight excluding hydrogens is 497 g/mol. The Labute approximate surface area is 207 Å². The summed E-state index contributed by atoms with van der Waals surface area (Å²) in [4.78, 5) is 21.4. The number of aromatic nitrogens is 5. The SMILES string of the molecule is CCOc1ccc(NC(=O)c2nnn(-c3ccc(OC(F)(F)F)cc3)c2CSc2ncccn2)cc1. The number of thioether (sulfide) groups is 1. The molecule has 9 nitrogen and oxygen atoms in total. The minimum absolute atomic E-state index is 0.0444. The van der Waals surface area contributed by atoms with Gasteiger partial charge in [0.2, 0.25) is 0 Å². The lowest BCUT2D eigenvalue weighted by Crippen LogP contribution is -2.17. The second-order valence-corrected chi connectivity index (χ2v) is 8.01. The Balaban J connectivity index is 1.60. The summed E-state index contributed by atoms with van der Waals surface area (Å²) in [6.07, 6.45) is -1.63. The third-order valence-corrected chi connectivity index (χ3v) is 5.48. The lowest BCUT2D eigenvalue weighted by atomic mass is 10.2. The molecule has 1 amide bonds. The first-order chi connectivity index (χ1) is 17.3. The van der Waals surface area contributed by atoms with Crippen molar-refractivity contribution in [3.63, 3.8) is 0 Å². The van der Waals surface area contributed by atoms with Gasteiger partial charge in [0.1, 0.15) is 11.5 Å². The van der Waals surface area contributed by atoms with Gasteiger partial charge in [0, 0.05) is 23.8 Å². The summed E-state index contributed by atoms with van der Waals surface area (Å²) in [6.45, 7) is 2.39. The van der Waals surface area contributed by atoms with Crippen LogP contribution in [0, 0.1) is 0 Å². The molecule has 13 heteroatoms. The van der Waals surface area contributed by atoms with Gasteiger partial charge in [-0.15, -0.1) is 18.3 Å². The van der Waals surface area contributed by atoms with Crippen LogP contribution in [0.15, 0.2) is 72.1 Å². The fraction of sp³-hybridized carbons (Fsp3) is 0.174. The Hall–Kier alpha value is -4.13. The second kappa shape index (κ2) is 11.1. The molecule has 0 fully saturated rings. The molecule has 1 N–H and O–H groups in total. The summed E-state index contributed by atoms with van der Waals surface area (Å²) in [5, 5.41) is 11.4. The Morgan fingerprint density at radius 2 is 1.69 bits per heavy atom. The molecule has 36 heavy (non-hydrogen) atoms. The van der Waals surface area contributed by atoms with Gasteiger partial charge in [0.25, 0.3) is 5.91 Å². The van der Waals surface area contributed by atoms with E-state index < -0.39 is 12.3 Å². The molecule has 0 aliphatic heterocycles. The van der Waals surface area contributed by atoms with Crippen molar-refractivity contribution in [1.82, 2.24) is 25.0 Å². The van der Waals surface area contributed by atoms with Crippen molar-refractivity contribution in [2.75, 3.05) is 11.9 Å². The van der Waals surface area contributed by atoms with Crippen LogP contribution in [0.4, 0.5) is 18.9 Å². The van der Waals surface area contributed by atoms with Crippen LogP contribution in [0.3, 0.4) is 0 Å². The van der Waals surface area contributed by atoms with Crippen molar-refractivity contribution in [3.05, 3.63) is 78.4 Å². The van der Waals surface area contributed by atoms with E-state index in [1.165, 1.54) is 28.6 Å². The van der Waals surface area contributed by atoms with Gasteiger partial charge in [-0.25, -0.2) is 14.6 Å². The molecule has 4 rings (SSSR count). The number of carbonyl (C=O) groups is 1. The van der Waals surface area contributed by atoms with Crippen LogP contribution in [-0.4, -0.2) is 43.8 Å². The molecule has 0 unspecified atom stereocenters. The number of ether oxygens (including phenoxy) is 2. The Kier molecular flexibility index (Phi) is 7.68. The molecule has 4 aromatic rings. The Morgan fingerprint density at radius 3 is 2.33 bits per heavy atom. The highest BCUT2D eigenvalue weighted by molar-refractivity contribution is 7.98. The molecule has 2 aromatic heterocycles. The van der Waals surface area contributed by atoms with Gasteiger partial charge in [-0.2, -0.15) is 0 Å². The molecule has 0 radical (unpaired) electrons. The summed E-state index contributed by atoms with van der Waals surface area (Å²) in [6, 6.07) is 13.6. The highest BCUT2D eigenvalue weighted by atomic mass is 32.2. The van der Waals surface area contributed by atoms with Crippen LogP contribution in [-0.2, 0) is 5.75 Å². The predicted octanol–water partition coefficient (Wildman–Crippen LogP) is 4.90. The van der Waals surface area contributed by atoms with Gasteiger partial charge in [-0.05, 0) is 61.5 Å². The van der Waals surface area contributed by atoms with Crippen molar-refractivity contribution in [2.24, 2.45) is 0 Å². The van der Waals surface area contributed by atoms with Gasteiger partial charge in [-0.1, -0.05) is 17.0 Å². The molecule has 0 aliphatic rings. The monoisotopic (exact) mass is 516 g/mol. The average molecular weight is 517 g/mol. The van der Waals surface area contributed by atoms with E-state index >= 15 is 0 Å². The van der Waals surface area contributed by atoms with Gasteiger partial charge in [-0.3, -0.25) is 4.79 Å². The molecule has 2 heterocycles. The zero-order valence-electron chi connectivity index (χ0n) is 18.8. The summed E-state index contributed by atoms with van der Waals surface area (Å²) in [7, 11) is 0. The van der Waals surface area contributed by atoms with E-state index in [1.807, 2.05) is 6.92 Å². The van der Waals surface area contributed by atoms with Crippen molar-refractivity contribution in [3.8, 4) is 17.2 Å². The summed E-state index contributed by atoms with van der Waals surface area (Å²) >= 11 is 1.25. The fourth-order valence-corrected chi connectivity index (χ4v) is 3.88. The molecule has 0 saturated heterocycles. The smallest absolute Gasteiger partial charge is 0.494 e. The van der Waals surface area contributed by atoms with E-state index in [1.54, 1.807) is 42.7 Å². The Morgan fingerprint density at radius 1 is 1.03 bits per heavy atom. The maximum Gasteiger partial charge on any atom is 0.573 e. The first-order valence-electron chi connectivity index (χ1n) is 10.6. The van der Waals surface area contributed by atoms with Gasteiger partial charge >= 0.3 is 6.36 Å². The standard InChI is InChI=1S/C23H19F3N6O3S/c1-2-34-17-8-4-15(5-9-17)29-21(33)20-19(14-36-22-27-12-3-13-28-22)32(31-30-20)16-6-10-18(11-7-16)35-23(24,25)26/h3-13H,2,14H2,1H3,(H,29,33). The molecule has 0 atom stereocenters. The predicted molar refractivity (Wildman–Crippen MR) is 125 cm³/mol. The summed E-state index contributed by atoms with van der Waals surface area (Å²) in [5.41, 5.74) is 1.36. The lowest BCUT2D eigenvalue weighted by molar-refractivity contribution is -0.274. The number of carbonyl (C=O) groups excluding carboxylic acids is 1. The zero-order valence-corrected chi connectivity index (χ0v) is 19.6. The van der Waals surface area contributed by atoms with E-state index in [-0.39, 0.29) is 17.2 Å². The number of nitrogens with one attached hydrogen (secondary N) is 1. The number of halogens is 3. The van der Waals surface area contributed by atoms with Crippen LogP contribution in [0.2, 0.25) is 0 Å². The van der Waals surface area contributed by atoms with Crippen LogP contribution in [0.1, 0.15) is 23.1 Å². The van der Waals surface area contributed by atoms with Gasteiger partial charge in [0.15, 0.2) is 10.9 Å². The quantitative estimate of drug-likeness (QED) is 0.248. The topological polar surface area (TPSA) is 104 Å². The average Bonchev–Trinajstić information content (AvgIpc) is 3.28. The molecule has 0 aliphatic carbocycles. The normalized spacial score (nSPS) is 11.2. The van der Waals surface area contributed by atoms with Crippen LogP contribution >= 0.6 is 11.8 Å². The molecule has 186 valence electrons. The fourth-order valence-electron chi connectivity index (χ4n) is 3.09. The number of hydrogen-bond donors (Lipinski definition) is 1.